The van der Waals surface area contributed by atoms with Gasteiger partial charge >= 0.3 is 0 Å². The van der Waals surface area contributed by atoms with Crippen LogP contribution in [0.15, 0.2) is 24.3 Å². The number of aldehydes is 1. The van der Waals surface area contributed by atoms with Crippen LogP contribution in [0, 0.1) is 0 Å². The van der Waals surface area contributed by atoms with Gasteiger partial charge in [-0.15, -0.1) is 0 Å². The van der Waals surface area contributed by atoms with Gasteiger partial charge in [0.1, 0.15) is 11.9 Å². The van der Waals surface area contributed by atoms with Crippen LogP contribution in [0.25, 0.3) is 0 Å². The van der Waals surface area contributed by atoms with E-state index in [4.69, 9.17) is 18.9 Å². The molecule has 5 heteroatoms. The Bertz CT molecular complexity index is 454. The largest absolute Gasteiger partial charge is 0.497 e. The number of hydrogen-bond donors (Lipinski definition) is 0. The predicted molar refractivity (Wildman–Crippen MR) is 77.2 cm³/mol. The van der Waals surface area contributed by atoms with Crippen LogP contribution in [0.1, 0.15) is 25.8 Å². The first kappa shape index (κ1) is 15.9. The van der Waals surface area contributed by atoms with Gasteiger partial charge in [-0.3, -0.25) is 0 Å². The third kappa shape index (κ3) is 4.52. The number of benzene rings is 1. The van der Waals surface area contributed by atoms with E-state index in [1.54, 1.807) is 7.11 Å². The van der Waals surface area contributed by atoms with Crippen molar-refractivity contribution in [3.05, 3.63) is 29.8 Å². The fourth-order valence-corrected chi connectivity index (χ4v) is 2.31. The minimum absolute atomic E-state index is 0.242. The normalized spacial score (nSPS) is 24.0. The van der Waals surface area contributed by atoms with E-state index in [0.29, 0.717) is 19.6 Å². The Morgan fingerprint density at radius 3 is 2.57 bits per heavy atom. The van der Waals surface area contributed by atoms with E-state index >= 15 is 0 Å². The summed E-state index contributed by atoms with van der Waals surface area (Å²) in [5.41, 5.74) is 1.08. The van der Waals surface area contributed by atoms with E-state index < -0.39 is 11.9 Å². The van der Waals surface area contributed by atoms with Crippen LogP contribution in [0.4, 0.5) is 0 Å². The van der Waals surface area contributed by atoms with Gasteiger partial charge in [-0.25, -0.2) is 0 Å². The molecule has 5 nitrogen and oxygen atoms in total. The fourth-order valence-electron chi connectivity index (χ4n) is 2.31. The van der Waals surface area contributed by atoms with Crippen molar-refractivity contribution in [1.29, 1.82) is 0 Å². The lowest BCUT2D eigenvalue weighted by atomic mass is 10.2. The Kier molecular flexibility index (Phi) is 5.33. The summed E-state index contributed by atoms with van der Waals surface area (Å²) >= 11 is 0. The van der Waals surface area contributed by atoms with Crippen LogP contribution in [0.5, 0.6) is 5.75 Å². The quantitative estimate of drug-likeness (QED) is 0.570. The number of carbonyl (C=O) groups is 1. The minimum Gasteiger partial charge on any atom is -0.497 e. The highest BCUT2D eigenvalue weighted by Gasteiger charge is 2.40. The molecule has 1 aromatic carbocycles. The molecule has 2 atom stereocenters. The summed E-state index contributed by atoms with van der Waals surface area (Å²) in [6.45, 7) is 4.65. The average molecular weight is 294 g/mol. The van der Waals surface area contributed by atoms with E-state index in [1.165, 1.54) is 0 Å². The van der Waals surface area contributed by atoms with Crippen molar-refractivity contribution in [2.45, 2.75) is 44.9 Å². The molecule has 0 spiro atoms. The average Bonchev–Trinajstić information content (AvgIpc) is 2.78. The van der Waals surface area contributed by atoms with Crippen molar-refractivity contribution in [2.24, 2.45) is 0 Å². The summed E-state index contributed by atoms with van der Waals surface area (Å²) in [5.74, 6) is 0.123. The lowest BCUT2D eigenvalue weighted by Gasteiger charge is -2.16. The summed E-state index contributed by atoms with van der Waals surface area (Å²) in [6, 6.07) is 7.73. The van der Waals surface area contributed by atoms with Crippen molar-refractivity contribution < 1.29 is 23.7 Å². The first-order valence-electron chi connectivity index (χ1n) is 7.05. The Morgan fingerprint density at radius 2 is 1.95 bits per heavy atom. The maximum atomic E-state index is 11.0. The highest BCUT2D eigenvalue weighted by atomic mass is 16.8. The predicted octanol–water partition coefficient (Wildman–Crippen LogP) is 2.32. The maximum absolute atomic E-state index is 11.0. The van der Waals surface area contributed by atoms with Gasteiger partial charge in [-0.1, -0.05) is 12.1 Å². The van der Waals surface area contributed by atoms with Gasteiger partial charge in [0.2, 0.25) is 0 Å². The summed E-state index contributed by atoms with van der Waals surface area (Å²) in [7, 11) is 1.64. The zero-order valence-corrected chi connectivity index (χ0v) is 12.7. The molecular formula is C16H22O5. The smallest absolute Gasteiger partial charge is 0.164 e. The van der Waals surface area contributed by atoms with E-state index in [-0.39, 0.29) is 6.10 Å². The highest BCUT2D eigenvalue weighted by Crippen LogP contribution is 2.28. The van der Waals surface area contributed by atoms with Gasteiger partial charge in [0.05, 0.1) is 19.8 Å². The van der Waals surface area contributed by atoms with Gasteiger partial charge < -0.3 is 23.7 Å². The Labute approximate surface area is 125 Å². The number of carbonyl (C=O) groups excluding carboxylic acids is 1. The summed E-state index contributed by atoms with van der Waals surface area (Å²) in [5, 5.41) is 0. The Morgan fingerprint density at radius 1 is 1.24 bits per heavy atom. The summed E-state index contributed by atoms with van der Waals surface area (Å²) < 4.78 is 21.9. The zero-order valence-electron chi connectivity index (χ0n) is 12.7. The van der Waals surface area contributed by atoms with Crippen molar-refractivity contribution in [3.8, 4) is 5.75 Å². The third-order valence-corrected chi connectivity index (χ3v) is 3.33. The van der Waals surface area contributed by atoms with Gasteiger partial charge in [-0.05, 0) is 31.5 Å². The summed E-state index contributed by atoms with van der Waals surface area (Å²) in [6.07, 6.45) is 0.671. The summed E-state index contributed by atoms with van der Waals surface area (Å²) in [4.78, 5) is 11.0. The van der Waals surface area contributed by atoms with Crippen molar-refractivity contribution in [1.82, 2.24) is 0 Å². The Hall–Kier alpha value is -1.43. The van der Waals surface area contributed by atoms with Gasteiger partial charge in [0, 0.05) is 13.0 Å². The standard InChI is InChI=1S/C16H22O5/c1-16(2)20-14(15(10-17)21-16)8-9-19-11-12-4-6-13(18-3)7-5-12/h4-7,10,14-15H,8-9,11H2,1-3H3/t14-,15+/m0/s1. The number of ether oxygens (including phenoxy) is 4. The fraction of sp³-hybridized carbons (Fsp3) is 0.562. The second-order valence-corrected chi connectivity index (χ2v) is 5.46. The first-order valence-corrected chi connectivity index (χ1v) is 7.05. The topological polar surface area (TPSA) is 54.0 Å². The SMILES string of the molecule is COc1ccc(COCC[C@@H]2OC(C)(C)O[C@@H]2C=O)cc1. The minimum atomic E-state index is -0.702. The molecule has 0 amide bonds. The molecule has 1 saturated heterocycles. The number of methoxy groups -OCH3 is 1. The van der Waals surface area contributed by atoms with Gasteiger partial charge in [0.15, 0.2) is 12.1 Å². The molecule has 0 aromatic heterocycles. The van der Waals surface area contributed by atoms with Gasteiger partial charge in [0.25, 0.3) is 0 Å². The van der Waals surface area contributed by atoms with E-state index in [9.17, 15) is 4.79 Å². The molecule has 1 fully saturated rings. The van der Waals surface area contributed by atoms with E-state index in [1.807, 2.05) is 38.1 Å². The Balaban J connectivity index is 1.72. The van der Waals surface area contributed by atoms with Crippen LogP contribution in [0.3, 0.4) is 0 Å². The highest BCUT2D eigenvalue weighted by molar-refractivity contribution is 5.57. The molecule has 0 saturated carbocycles. The molecule has 2 rings (SSSR count). The van der Waals surface area contributed by atoms with Crippen LogP contribution < -0.4 is 4.74 Å². The van der Waals surface area contributed by atoms with Crippen LogP contribution in [0.2, 0.25) is 0 Å². The van der Waals surface area contributed by atoms with E-state index in [2.05, 4.69) is 0 Å². The second-order valence-electron chi connectivity index (χ2n) is 5.46. The monoisotopic (exact) mass is 294 g/mol. The molecule has 1 aliphatic heterocycles. The molecule has 21 heavy (non-hydrogen) atoms. The van der Waals surface area contributed by atoms with Crippen molar-refractivity contribution >= 4 is 6.29 Å². The van der Waals surface area contributed by atoms with E-state index in [0.717, 1.165) is 17.6 Å². The molecule has 1 aromatic rings. The molecule has 1 aliphatic rings. The lowest BCUT2D eigenvalue weighted by Crippen LogP contribution is -2.25. The number of hydrogen-bond acceptors (Lipinski definition) is 5. The van der Waals surface area contributed by atoms with Crippen LogP contribution in [-0.2, 0) is 25.6 Å². The van der Waals surface area contributed by atoms with Crippen molar-refractivity contribution in [3.63, 3.8) is 0 Å². The zero-order chi connectivity index (χ0) is 15.3. The molecule has 116 valence electrons. The molecule has 0 unspecified atom stereocenters. The van der Waals surface area contributed by atoms with Gasteiger partial charge in [-0.2, -0.15) is 0 Å². The maximum Gasteiger partial charge on any atom is 0.164 e. The molecular weight excluding hydrogens is 272 g/mol. The molecule has 0 N–H and O–H groups in total. The molecule has 0 radical (unpaired) electrons. The van der Waals surface area contributed by atoms with Crippen LogP contribution in [-0.4, -0.2) is 38.0 Å². The third-order valence-electron chi connectivity index (χ3n) is 3.33. The van der Waals surface area contributed by atoms with Crippen molar-refractivity contribution in [2.75, 3.05) is 13.7 Å². The first-order chi connectivity index (χ1) is 10.0. The van der Waals surface area contributed by atoms with Crippen LogP contribution >= 0.6 is 0 Å². The molecule has 0 bridgehead atoms. The second kappa shape index (κ2) is 7.02. The molecule has 1 heterocycles. The number of rotatable bonds is 7. The lowest BCUT2D eigenvalue weighted by molar-refractivity contribution is -0.151. The molecule has 0 aliphatic carbocycles.